The number of aromatic nitrogens is 3. The van der Waals surface area contributed by atoms with E-state index < -0.39 is 5.97 Å². The molecule has 0 radical (unpaired) electrons. The second-order valence-electron chi connectivity index (χ2n) is 4.07. The van der Waals surface area contributed by atoms with E-state index in [4.69, 9.17) is 5.11 Å². The van der Waals surface area contributed by atoms with Gasteiger partial charge < -0.3 is 14.9 Å². The zero-order valence-corrected chi connectivity index (χ0v) is 10.3. The fourth-order valence-electron chi connectivity index (χ4n) is 1.94. The van der Waals surface area contributed by atoms with Crippen LogP contribution in [-0.2, 0) is 6.54 Å². The molecule has 0 amide bonds. The number of fused-ring (bicyclic) bond motifs is 1. The highest BCUT2D eigenvalue weighted by Crippen LogP contribution is 2.24. The van der Waals surface area contributed by atoms with Crippen LogP contribution in [0.1, 0.15) is 16.2 Å². The number of nitrogens with one attached hydrogen (secondary N) is 1. The Morgan fingerprint density at radius 1 is 1.25 bits per heavy atom. The first kappa shape index (κ1) is 12.1. The number of pyridine rings is 1. The van der Waals surface area contributed by atoms with Gasteiger partial charge in [-0.25, -0.2) is 9.78 Å². The first-order valence-corrected chi connectivity index (χ1v) is 5.86. The monoisotopic (exact) mass is 270 g/mol. The Labute approximate surface area is 113 Å². The van der Waals surface area contributed by atoms with E-state index >= 15 is 0 Å². The van der Waals surface area contributed by atoms with Crippen molar-refractivity contribution in [3.05, 3.63) is 48.2 Å². The molecule has 3 rings (SSSR count). The second-order valence-corrected chi connectivity index (χ2v) is 4.07. The molecule has 0 aliphatic rings. The van der Waals surface area contributed by atoms with Gasteiger partial charge in [-0.1, -0.05) is 29.4 Å². The van der Waals surface area contributed by atoms with E-state index in [-0.39, 0.29) is 5.56 Å². The fourth-order valence-corrected chi connectivity index (χ4v) is 1.94. The Morgan fingerprint density at radius 3 is 2.75 bits per heavy atom. The number of benzene rings is 1. The first-order chi connectivity index (χ1) is 9.75. The molecule has 2 heterocycles. The molecular formula is C13H10N4O3. The SMILES string of the molecule is O=C(O)c1cnc(NCc2ncon2)c2ccccc12. The van der Waals surface area contributed by atoms with Crippen molar-refractivity contribution in [3.8, 4) is 0 Å². The largest absolute Gasteiger partial charge is 0.478 e. The van der Waals surface area contributed by atoms with E-state index in [1.54, 1.807) is 12.1 Å². The molecule has 0 aliphatic heterocycles. The van der Waals surface area contributed by atoms with Crippen LogP contribution < -0.4 is 5.32 Å². The van der Waals surface area contributed by atoms with Gasteiger partial charge in [-0.2, -0.15) is 4.98 Å². The van der Waals surface area contributed by atoms with Crippen molar-refractivity contribution < 1.29 is 14.4 Å². The van der Waals surface area contributed by atoms with Crippen molar-refractivity contribution in [1.29, 1.82) is 0 Å². The quantitative estimate of drug-likeness (QED) is 0.746. The molecule has 0 aliphatic carbocycles. The van der Waals surface area contributed by atoms with Crippen molar-refractivity contribution >= 4 is 22.6 Å². The molecule has 0 fully saturated rings. The lowest BCUT2D eigenvalue weighted by molar-refractivity contribution is 0.0698. The minimum atomic E-state index is -1.00. The van der Waals surface area contributed by atoms with Crippen LogP contribution >= 0.6 is 0 Å². The molecule has 2 aromatic heterocycles. The average Bonchev–Trinajstić information content (AvgIpc) is 2.97. The Kier molecular flexibility index (Phi) is 3.00. The summed E-state index contributed by atoms with van der Waals surface area (Å²) in [5, 5.41) is 17.3. The van der Waals surface area contributed by atoms with Gasteiger partial charge in [0.2, 0.25) is 6.39 Å². The summed E-state index contributed by atoms with van der Waals surface area (Å²) in [5.41, 5.74) is 0.172. The van der Waals surface area contributed by atoms with Crippen LogP contribution in [0.3, 0.4) is 0 Å². The summed E-state index contributed by atoms with van der Waals surface area (Å²) in [6.07, 6.45) is 2.58. The maximum Gasteiger partial charge on any atom is 0.337 e. The summed E-state index contributed by atoms with van der Waals surface area (Å²) >= 11 is 0. The number of anilines is 1. The molecule has 1 aromatic carbocycles. The molecule has 0 spiro atoms. The molecule has 20 heavy (non-hydrogen) atoms. The first-order valence-electron chi connectivity index (χ1n) is 5.86. The number of hydrogen-bond acceptors (Lipinski definition) is 6. The van der Waals surface area contributed by atoms with Gasteiger partial charge in [-0.3, -0.25) is 0 Å². The smallest absolute Gasteiger partial charge is 0.337 e. The standard InChI is InChI=1S/C13H10N4O3/c18-13(19)10-5-14-12(9-4-2-1-3-8(9)10)15-6-11-16-7-20-17-11/h1-5,7H,6H2,(H,14,15)(H,18,19). The zero-order chi connectivity index (χ0) is 13.9. The normalized spacial score (nSPS) is 10.6. The summed E-state index contributed by atoms with van der Waals surface area (Å²) in [6.45, 7) is 0.347. The number of aromatic carboxylic acids is 1. The maximum absolute atomic E-state index is 11.2. The Morgan fingerprint density at radius 2 is 2.05 bits per heavy atom. The molecule has 3 aromatic rings. The predicted molar refractivity (Wildman–Crippen MR) is 70.3 cm³/mol. The third-order valence-corrected chi connectivity index (χ3v) is 2.85. The summed E-state index contributed by atoms with van der Waals surface area (Å²) in [4.78, 5) is 19.2. The number of hydrogen-bond donors (Lipinski definition) is 2. The van der Waals surface area contributed by atoms with Gasteiger partial charge in [-0.15, -0.1) is 0 Å². The van der Waals surface area contributed by atoms with Crippen molar-refractivity contribution in [2.24, 2.45) is 0 Å². The number of carboxylic acid groups (broad SMARTS) is 1. The molecule has 0 saturated carbocycles. The van der Waals surface area contributed by atoms with E-state index in [1.165, 1.54) is 12.6 Å². The summed E-state index contributed by atoms with van der Waals surface area (Å²) in [7, 11) is 0. The fraction of sp³-hybridized carbons (Fsp3) is 0.0769. The number of carbonyl (C=O) groups is 1. The number of rotatable bonds is 4. The number of nitrogens with zero attached hydrogens (tertiary/aromatic N) is 3. The second kappa shape index (κ2) is 4.96. The van der Waals surface area contributed by atoms with E-state index in [0.717, 1.165) is 5.39 Å². The van der Waals surface area contributed by atoms with Crippen LogP contribution in [0.5, 0.6) is 0 Å². The Hall–Kier alpha value is -2.96. The molecule has 0 unspecified atom stereocenters. The lowest BCUT2D eigenvalue weighted by Crippen LogP contribution is -2.06. The lowest BCUT2D eigenvalue weighted by atomic mass is 10.1. The van der Waals surface area contributed by atoms with Crippen molar-refractivity contribution in [2.75, 3.05) is 5.32 Å². The summed E-state index contributed by atoms with van der Waals surface area (Å²) < 4.78 is 4.64. The van der Waals surface area contributed by atoms with Crippen molar-refractivity contribution in [1.82, 2.24) is 15.1 Å². The molecule has 7 heteroatoms. The highest BCUT2D eigenvalue weighted by atomic mass is 16.5. The summed E-state index contributed by atoms with van der Waals surface area (Å²) in [6, 6.07) is 7.18. The van der Waals surface area contributed by atoms with Gasteiger partial charge in [0.15, 0.2) is 5.82 Å². The van der Waals surface area contributed by atoms with Crippen LogP contribution in [0, 0.1) is 0 Å². The van der Waals surface area contributed by atoms with Gasteiger partial charge in [0.25, 0.3) is 0 Å². The zero-order valence-electron chi connectivity index (χ0n) is 10.3. The average molecular weight is 270 g/mol. The van der Waals surface area contributed by atoms with Crippen LogP contribution in [0.2, 0.25) is 0 Å². The highest BCUT2D eigenvalue weighted by Gasteiger charge is 2.12. The van der Waals surface area contributed by atoms with Crippen molar-refractivity contribution in [2.45, 2.75) is 6.54 Å². The molecule has 100 valence electrons. The molecular weight excluding hydrogens is 260 g/mol. The molecule has 0 bridgehead atoms. The van der Waals surface area contributed by atoms with E-state index in [1.807, 2.05) is 12.1 Å². The Balaban J connectivity index is 1.99. The van der Waals surface area contributed by atoms with E-state index in [2.05, 4.69) is 25.0 Å². The summed E-state index contributed by atoms with van der Waals surface area (Å²) in [5.74, 6) is 0.0759. The molecule has 7 nitrogen and oxygen atoms in total. The minimum absolute atomic E-state index is 0.172. The van der Waals surface area contributed by atoms with E-state index in [9.17, 15) is 4.79 Å². The van der Waals surface area contributed by atoms with Gasteiger partial charge in [0, 0.05) is 17.0 Å². The Bertz CT molecular complexity index is 755. The topological polar surface area (TPSA) is 101 Å². The predicted octanol–water partition coefficient (Wildman–Crippen LogP) is 1.93. The minimum Gasteiger partial charge on any atom is -0.478 e. The van der Waals surface area contributed by atoms with Crippen LogP contribution in [-0.4, -0.2) is 26.2 Å². The van der Waals surface area contributed by atoms with Gasteiger partial charge >= 0.3 is 5.97 Å². The third-order valence-electron chi connectivity index (χ3n) is 2.85. The maximum atomic E-state index is 11.2. The van der Waals surface area contributed by atoms with Crippen LogP contribution in [0.4, 0.5) is 5.82 Å². The van der Waals surface area contributed by atoms with Gasteiger partial charge in [0.1, 0.15) is 5.82 Å². The van der Waals surface area contributed by atoms with Crippen LogP contribution in [0.15, 0.2) is 41.4 Å². The lowest BCUT2D eigenvalue weighted by Gasteiger charge is -2.08. The molecule has 0 saturated heterocycles. The third kappa shape index (κ3) is 2.16. The van der Waals surface area contributed by atoms with Crippen LogP contribution in [0.25, 0.3) is 10.8 Å². The number of carboxylic acids is 1. The molecule has 2 N–H and O–H groups in total. The highest BCUT2D eigenvalue weighted by molar-refractivity contribution is 6.06. The van der Waals surface area contributed by atoms with Gasteiger partial charge in [0.05, 0.1) is 12.1 Å². The molecule has 0 atom stereocenters. The van der Waals surface area contributed by atoms with E-state index in [0.29, 0.717) is 23.6 Å². The van der Waals surface area contributed by atoms with Gasteiger partial charge in [-0.05, 0) is 0 Å². The van der Waals surface area contributed by atoms with Crippen molar-refractivity contribution in [3.63, 3.8) is 0 Å².